The summed E-state index contributed by atoms with van der Waals surface area (Å²) in [6, 6.07) is 5.79. The van der Waals surface area contributed by atoms with Gasteiger partial charge in [-0.2, -0.15) is 0 Å². The number of hydrogen-bond acceptors (Lipinski definition) is 5. The number of halogens is 1. The molecule has 2 fully saturated rings. The van der Waals surface area contributed by atoms with Crippen LogP contribution in [0.4, 0.5) is 0 Å². The number of nitrogens with two attached hydrogens (primary N) is 1. The van der Waals surface area contributed by atoms with E-state index in [1.807, 2.05) is 18.2 Å². The van der Waals surface area contributed by atoms with E-state index in [-0.39, 0.29) is 11.8 Å². The molecule has 1 atom stereocenters. The normalized spacial score (nSPS) is 24.5. The molecule has 1 saturated heterocycles. The van der Waals surface area contributed by atoms with Gasteiger partial charge in [-0.15, -0.1) is 0 Å². The summed E-state index contributed by atoms with van der Waals surface area (Å²) in [5.74, 6) is 1.26. The number of hydrogen-bond donors (Lipinski definition) is 1. The molecule has 7 heteroatoms. The van der Waals surface area contributed by atoms with Crippen LogP contribution in [0.25, 0.3) is 11.0 Å². The Hall–Kier alpha value is -1.63. The third kappa shape index (κ3) is 5.41. The van der Waals surface area contributed by atoms with E-state index in [1.54, 1.807) is 7.11 Å². The Labute approximate surface area is 189 Å². The molecule has 0 bridgehead atoms. The zero-order chi connectivity index (χ0) is 21.8. The fourth-order valence-corrected chi connectivity index (χ4v) is 5.69. The highest BCUT2D eigenvalue weighted by molar-refractivity contribution is 6.31. The molecule has 1 aliphatic heterocycles. The van der Waals surface area contributed by atoms with Crippen LogP contribution in [0, 0.1) is 17.8 Å². The number of piperidine rings is 1. The van der Waals surface area contributed by atoms with Gasteiger partial charge >= 0.3 is 0 Å². The van der Waals surface area contributed by atoms with Crippen molar-refractivity contribution in [3.05, 3.63) is 28.9 Å². The summed E-state index contributed by atoms with van der Waals surface area (Å²) < 4.78 is 10.7. The number of likely N-dealkylation sites (tertiary alicyclic amines) is 1. The third-order valence-corrected chi connectivity index (χ3v) is 7.70. The summed E-state index contributed by atoms with van der Waals surface area (Å²) >= 11 is 6.06. The van der Waals surface area contributed by atoms with E-state index < -0.39 is 0 Å². The molecule has 1 saturated carbocycles. The summed E-state index contributed by atoms with van der Waals surface area (Å²) in [4.78, 5) is 14.3. The monoisotopic (exact) mass is 447 g/mol. The SMILES string of the molecule is COCC(C(N)=O)C1CCC(CCN2CCC(c3noc4cc(Cl)ccc34)CC2)CC1. The number of carbonyl (C=O) groups is 1. The zero-order valence-corrected chi connectivity index (χ0v) is 19.2. The van der Waals surface area contributed by atoms with Crippen LogP contribution >= 0.6 is 11.6 Å². The molecule has 1 aromatic heterocycles. The van der Waals surface area contributed by atoms with Gasteiger partial charge in [-0.05, 0) is 75.7 Å². The van der Waals surface area contributed by atoms with Gasteiger partial charge in [0.2, 0.25) is 5.91 Å². The van der Waals surface area contributed by atoms with Crippen LogP contribution in [-0.2, 0) is 9.53 Å². The predicted octanol–water partition coefficient (Wildman–Crippen LogP) is 4.61. The standard InChI is InChI=1S/C24H34ClN3O3/c1-30-15-21(24(26)29)17-4-2-16(3-5-17)8-11-28-12-9-18(10-13-28)23-20-7-6-19(25)14-22(20)31-27-23/h6-7,14,16-18,21H,2-5,8-13,15H2,1H3,(H2,26,29). The number of methoxy groups -OCH3 is 1. The van der Waals surface area contributed by atoms with E-state index in [0.717, 1.165) is 67.9 Å². The number of carbonyl (C=O) groups excluding carboxylic acids is 1. The fraction of sp³-hybridized carbons (Fsp3) is 0.667. The molecule has 2 heterocycles. The molecule has 1 unspecified atom stereocenters. The Morgan fingerprint density at radius 3 is 2.68 bits per heavy atom. The number of rotatable bonds is 8. The van der Waals surface area contributed by atoms with E-state index in [0.29, 0.717) is 23.5 Å². The second-order valence-corrected chi connectivity index (χ2v) is 9.79. The molecule has 170 valence electrons. The first-order valence-corrected chi connectivity index (χ1v) is 12.0. The summed E-state index contributed by atoms with van der Waals surface area (Å²) in [5, 5.41) is 6.14. The lowest BCUT2D eigenvalue weighted by Gasteiger charge is -2.35. The highest BCUT2D eigenvalue weighted by Crippen LogP contribution is 2.36. The van der Waals surface area contributed by atoms with Gasteiger partial charge in [-0.3, -0.25) is 4.79 Å². The molecular formula is C24H34ClN3O3. The van der Waals surface area contributed by atoms with Gasteiger partial charge in [0.15, 0.2) is 5.58 Å². The quantitative estimate of drug-likeness (QED) is 0.639. The average molecular weight is 448 g/mol. The Bertz CT molecular complexity index is 870. The van der Waals surface area contributed by atoms with Crippen LogP contribution in [-0.4, -0.2) is 49.3 Å². The van der Waals surface area contributed by atoms with Gasteiger partial charge in [0.25, 0.3) is 0 Å². The van der Waals surface area contributed by atoms with Crippen molar-refractivity contribution < 1.29 is 14.1 Å². The average Bonchev–Trinajstić information content (AvgIpc) is 3.19. The number of ether oxygens (including phenoxy) is 1. The van der Waals surface area contributed by atoms with E-state index in [4.69, 9.17) is 26.6 Å². The molecule has 2 aromatic rings. The fourth-order valence-electron chi connectivity index (χ4n) is 5.53. The maximum Gasteiger partial charge on any atom is 0.223 e. The molecule has 2 aliphatic rings. The molecule has 1 aromatic carbocycles. The largest absolute Gasteiger partial charge is 0.384 e. The van der Waals surface area contributed by atoms with Gasteiger partial charge in [0, 0.05) is 29.5 Å². The van der Waals surface area contributed by atoms with Crippen molar-refractivity contribution in [1.29, 1.82) is 0 Å². The molecule has 0 radical (unpaired) electrons. The van der Waals surface area contributed by atoms with Gasteiger partial charge in [0.1, 0.15) is 0 Å². The van der Waals surface area contributed by atoms with Gasteiger partial charge < -0.3 is 19.9 Å². The highest BCUT2D eigenvalue weighted by Gasteiger charge is 2.31. The lowest BCUT2D eigenvalue weighted by atomic mass is 9.74. The number of aromatic nitrogens is 1. The number of nitrogens with zero attached hydrogens (tertiary/aromatic N) is 2. The summed E-state index contributed by atoms with van der Waals surface area (Å²) in [6.07, 6.45) is 8.06. The zero-order valence-electron chi connectivity index (χ0n) is 18.4. The second-order valence-electron chi connectivity index (χ2n) is 9.36. The predicted molar refractivity (Wildman–Crippen MR) is 122 cm³/mol. The number of fused-ring (bicyclic) bond motifs is 1. The maximum atomic E-state index is 11.7. The Morgan fingerprint density at radius 2 is 2.00 bits per heavy atom. The minimum atomic E-state index is -0.212. The van der Waals surface area contributed by atoms with Crippen LogP contribution in [0.3, 0.4) is 0 Å². The van der Waals surface area contributed by atoms with Crippen LogP contribution < -0.4 is 5.73 Å². The van der Waals surface area contributed by atoms with Crippen molar-refractivity contribution >= 4 is 28.5 Å². The first-order valence-electron chi connectivity index (χ1n) is 11.6. The molecule has 31 heavy (non-hydrogen) atoms. The van der Waals surface area contributed by atoms with Crippen LogP contribution in [0.15, 0.2) is 22.7 Å². The first-order chi connectivity index (χ1) is 15.0. The number of primary amides is 1. The molecule has 1 aliphatic carbocycles. The smallest absolute Gasteiger partial charge is 0.223 e. The lowest BCUT2D eigenvalue weighted by Crippen LogP contribution is -2.37. The van der Waals surface area contributed by atoms with E-state index in [1.165, 1.54) is 19.3 Å². The van der Waals surface area contributed by atoms with Gasteiger partial charge in [0.05, 0.1) is 18.2 Å². The van der Waals surface area contributed by atoms with E-state index in [2.05, 4.69) is 10.1 Å². The maximum absolute atomic E-state index is 11.7. The number of amides is 1. The van der Waals surface area contributed by atoms with Crippen molar-refractivity contribution in [1.82, 2.24) is 10.1 Å². The Morgan fingerprint density at radius 1 is 1.26 bits per heavy atom. The first kappa shape index (κ1) is 22.6. The third-order valence-electron chi connectivity index (χ3n) is 7.46. The second kappa shape index (κ2) is 10.3. The van der Waals surface area contributed by atoms with Gasteiger partial charge in [-0.1, -0.05) is 29.6 Å². The highest BCUT2D eigenvalue weighted by atomic mass is 35.5. The van der Waals surface area contributed by atoms with E-state index >= 15 is 0 Å². The van der Waals surface area contributed by atoms with E-state index in [9.17, 15) is 4.79 Å². The minimum Gasteiger partial charge on any atom is -0.384 e. The molecular weight excluding hydrogens is 414 g/mol. The van der Waals surface area contributed by atoms with Crippen molar-refractivity contribution in [3.63, 3.8) is 0 Å². The van der Waals surface area contributed by atoms with Crippen molar-refractivity contribution in [2.45, 2.75) is 50.9 Å². The summed E-state index contributed by atoms with van der Waals surface area (Å²) in [7, 11) is 1.64. The topological polar surface area (TPSA) is 81.6 Å². The van der Waals surface area contributed by atoms with Crippen LogP contribution in [0.1, 0.15) is 56.6 Å². The molecule has 4 rings (SSSR count). The van der Waals surface area contributed by atoms with Crippen LogP contribution in [0.5, 0.6) is 0 Å². The summed E-state index contributed by atoms with van der Waals surface area (Å²) in [5.41, 5.74) is 7.46. The molecule has 6 nitrogen and oxygen atoms in total. The minimum absolute atomic E-state index is 0.131. The van der Waals surface area contributed by atoms with Crippen LogP contribution in [0.2, 0.25) is 5.02 Å². The Balaban J connectivity index is 1.21. The van der Waals surface area contributed by atoms with Crippen molar-refractivity contribution in [2.75, 3.05) is 33.4 Å². The van der Waals surface area contributed by atoms with Crippen molar-refractivity contribution in [3.8, 4) is 0 Å². The Kier molecular flexibility index (Phi) is 7.51. The lowest BCUT2D eigenvalue weighted by molar-refractivity contribution is -0.126. The number of benzene rings is 1. The van der Waals surface area contributed by atoms with Gasteiger partial charge in [-0.25, -0.2) is 0 Å². The molecule has 2 N–H and O–H groups in total. The summed E-state index contributed by atoms with van der Waals surface area (Å²) in [6.45, 7) is 3.83. The molecule has 1 amide bonds. The van der Waals surface area contributed by atoms with Crippen molar-refractivity contribution in [2.24, 2.45) is 23.5 Å². The molecule has 0 spiro atoms.